The van der Waals surface area contributed by atoms with Gasteiger partial charge in [0.05, 0.1) is 6.61 Å². The van der Waals surface area contributed by atoms with Crippen LogP contribution in [0.4, 0.5) is 0 Å². The summed E-state index contributed by atoms with van der Waals surface area (Å²) in [5.74, 6) is 0.992. The third kappa shape index (κ3) is 4.35. The molecule has 4 heteroatoms. The van der Waals surface area contributed by atoms with Crippen molar-refractivity contribution < 1.29 is 5.11 Å². The first-order valence-corrected chi connectivity index (χ1v) is 8.69. The zero-order valence-corrected chi connectivity index (χ0v) is 14.8. The van der Waals surface area contributed by atoms with E-state index in [0.717, 1.165) is 30.0 Å². The second-order valence-corrected chi connectivity index (χ2v) is 6.34. The van der Waals surface area contributed by atoms with Gasteiger partial charge in [-0.25, -0.2) is 4.98 Å². The molecule has 0 spiro atoms. The van der Waals surface area contributed by atoms with Gasteiger partial charge in [0.1, 0.15) is 5.82 Å². The van der Waals surface area contributed by atoms with Gasteiger partial charge in [-0.2, -0.15) is 0 Å². The highest BCUT2D eigenvalue weighted by Gasteiger charge is 2.06. The molecule has 0 aliphatic carbocycles. The highest BCUT2D eigenvalue weighted by atomic mass is 16.3. The standard InChI is InChI=1S/C21H25N3O/c1-16(22-12-11-18-3-5-19(15-25)6-4-18)20-7-9-21(10-8-20)24-14-13-23-17(24)2/h3-10,13-14,16,22,25H,11-12,15H2,1-2H3. The Balaban J connectivity index is 1.54. The summed E-state index contributed by atoms with van der Waals surface area (Å²) in [7, 11) is 0. The van der Waals surface area contributed by atoms with Crippen LogP contribution in [0.1, 0.15) is 35.5 Å². The number of benzene rings is 2. The summed E-state index contributed by atoms with van der Waals surface area (Å²) < 4.78 is 2.08. The highest BCUT2D eigenvalue weighted by molar-refractivity contribution is 5.36. The molecule has 0 aliphatic heterocycles. The van der Waals surface area contributed by atoms with E-state index in [1.165, 1.54) is 11.1 Å². The monoisotopic (exact) mass is 335 g/mol. The second-order valence-electron chi connectivity index (χ2n) is 6.34. The van der Waals surface area contributed by atoms with Crippen molar-refractivity contribution in [2.24, 2.45) is 0 Å². The molecule has 130 valence electrons. The fraction of sp³-hybridized carbons (Fsp3) is 0.286. The lowest BCUT2D eigenvalue weighted by atomic mass is 10.1. The van der Waals surface area contributed by atoms with Crippen molar-refractivity contribution in [3.8, 4) is 5.69 Å². The van der Waals surface area contributed by atoms with Crippen LogP contribution in [0.2, 0.25) is 0 Å². The van der Waals surface area contributed by atoms with E-state index in [0.29, 0.717) is 6.04 Å². The second kappa shape index (κ2) is 8.10. The Morgan fingerprint density at radius 2 is 1.72 bits per heavy atom. The summed E-state index contributed by atoms with van der Waals surface area (Å²) in [5, 5.41) is 12.7. The minimum absolute atomic E-state index is 0.101. The quantitative estimate of drug-likeness (QED) is 0.694. The molecule has 0 aliphatic rings. The van der Waals surface area contributed by atoms with E-state index in [1.807, 2.05) is 31.5 Å². The van der Waals surface area contributed by atoms with Crippen molar-refractivity contribution in [2.45, 2.75) is 32.9 Å². The van der Waals surface area contributed by atoms with E-state index in [-0.39, 0.29) is 6.61 Å². The minimum atomic E-state index is 0.101. The average molecular weight is 335 g/mol. The van der Waals surface area contributed by atoms with Crippen molar-refractivity contribution in [1.29, 1.82) is 0 Å². The van der Waals surface area contributed by atoms with Gasteiger partial charge in [0.15, 0.2) is 0 Å². The molecule has 1 unspecified atom stereocenters. The predicted octanol–water partition coefficient (Wildman–Crippen LogP) is 3.57. The Morgan fingerprint density at radius 3 is 2.32 bits per heavy atom. The van der Waals surface area contributed by atoms with E-state index in [4.69, 9.17) is 5.11 Å². The molecule has 4 nitrogen and oxygen atoms in total. The van der Waals surface area contributed by atoms with Gasteiger partial charge in [-0.3, -0.25) is 0 Å². The number of hydrogen-bond acceptors (Lipinski definition) is 3. The maximum atomic E-state index is 9.08. The molecular weight excluding hydrogens is 310 g/mol. The third-order valence-electron chi connectivity index (χ3n) is 4.57. The molecule has 0 bridgehead atoms. The Morgan fingerprint density at radius 1 is 1.04 bits per heavy atom. The SMILES string of the molecule is Cc1nccn1-c1ccc(C(C)NCCc2ccc(CO)cc2)cc1. The number of hydrogen-bond donors (Lipinski definition) is 2. The Kier molecular flexibility index (Phi) is 5.64. The van der Waals surface area contributed by atoms with E-state index >= 15 is 0 Å². The lowest BCUT2D eigenvalue weighted by Gasteiger charge is -2.15. The number of aliphatic hydroxyl groups is 1. The van der Waals surface area contributed by atoms with Crippen LogP contribution in [-0.2, 0) is 13.0 Å². The fourth-order valence-electron chi connectivity index (χ4n) is 2.94. The minimum Gasteiger partial charge on any atom is -0.392 e. The summed E-state index contributed by atoms with van der Waals surface area (Å²) in [6.45, 7) is 5.21. The first kappa shape index (κ1) is 17.4. The number of aryl methyl sites for hydroxylation is 1. The molecule has 2 aromatic carbocycles. The summed E-state index contributed by atoms with van der Waals surface area (Å²) in [4.78, 5) is 4.27. The van der Waals surface area contributed by atoms with Crippen molar-refractivity contribution in [1.82, 2.24) is 14.9 Å². The molecule has 0 amide bonds. The smallest absolute Gasteiger partial charge is 0.110 e. The van der Waals surface area contributed by atoms with Gasteiger partial charge < -0.3 is 15.0 Å². The molecule has 0 radical (unpaired) electrons. The van der Waals surface area contributed by atoms with Crippen molar-refractivity contribution in [2.75, 3.05) is 6.54 Å². The van der Waals surface area contributed by atoms with Crippen LogP contribution in [0.25, 0.3) is 5.69 Å². The van der Waals surface area contributed by atoms with Crippen LogP contribution in [-0.4, -0.2) is 21.2 Å². The van der Waals surface area contributed by atoms with Crippen LogP contribution in [0, 0.1) is 6.92 Å². The molecule has 1 heterocycles. The van der Waals surface area contributed by atoms with Crippen molar-refractivity contribution >= 4 is 0 Å². The number of imidazole rings is 1. The molecule has 1 aromatic heterocycles. The van der Waals surface area contributed by atoms with Gasteiger partial charge in [-0.1, -0.05) is 36.4 Å². The number of rotatable bonds is 7. The molecule has 0 fully saturated rings. The number of nitrogens with one attached hydrogen (secondary N) is 1. The average Bonchev–Trinajstić information content (AvgIpc) is 3.08. The molecule has 2 N–H and O–H groups in total. The fourth-order valence-corrected chi connectivity index (χ4v) is 2.94. The topological polar surface area (TPSA) is 50.1 Å². The largest absolute Gasteiger partial charge is 0.392 e. The third-order valence-corrected chi connectivity index (χ3v) is 4.57. The predicted molar refractivity (Wildman–Crippen MR) is 101 cm³/mol. The summed E-state index contributed by atoms with van der Waals surface area (Å²) >= 11 is 0. The summed E-state index contributed by atoms with van der Waals surface area (Å²) in [5.41, 5.74) is 4.65. The van der Waals surface area contributed by atoms with E-state index in [9.17, 15) is 0 Å². The maximum Gasteiger partial charge on any atom is 0.110 e. The first-order valence-electron chi connectivity index (χ1n) is 8.69. The number of aliphatic hydroxyl groups excluding tert-OH is 1. The van der Waals surface area contributed by atoms with Gasteiger partial charge in [0.25, 0.3) is 0 Å². The number of aromatic nitrogens is 2. The van der Waals surface area contributed by atoms with Gasteiger partial charge in [0, 0.05) is 24.1 Å². The zero-order valence-electron chi connectivity index (χ0n) is 14.8. The normalized spacial score (nSPS) is 12.3. The van der Waals surface area contributed by atoms with Gasteiger partial charge in [-0.15, -0.1) is 0 Å². The Hall–Kier alpha value is -2.43. The van der Waals surface area contributed by atoms with Crippen LogP contribution < -0.4 is 5.32 Å². The molecule has 3 aromatic rings. The highest BCUT2D eigenvalue weighted by Crippen LogP contribution is 2.17. The lowest BCUT2D eigenvalue weighted by Crippen LogP contribution is -2.21. The van der Waals surface area contributed by atoms with Crippen LogP contribution in [0.3, 0.4) is 0 Å². The van der Waals surface area contributed by atoms with Crippen LogP contribution >= 0.6 is 0 Å². The first-order chi connectivity index (χ1) is 12.2. The van der Waals surface area contributed by atoms with Gasteiger partial charge in [0.2, 0.25) is 0 Å². The molecule has 1 atom stereocenters. The van der Waals surface area contributed by atoms with Crippen molar-refractivity contribution in [3.63, 3.8) is 0 Å². The zero-order chi connectivity index (χ0) is 17.6. The maximum absolute atomic E-state index is 9.08. The van der Waals surface area contributed by atoms with Crippen molar-refractivity contribution in [3.05, 3.63) is 83.4 Å². The molecular formula is C21H25N3O. The summed E-state index contributed by atoms with van der Waals surface area (Å²) in [6.07, 6.45) is 4.77. The van der Waals surface area contributed by atoms with E-state index in [2.05, 4.69) is 58.2 Å². The number of nitrogens with zero attached hydrogens (tertiary/aromatic N) is 2. The van der Waals surface area contributed by atoms with Gasteiger partial charge in [-0.05, 0) is 55.6 Å². The van der Waals surface area contributed by atoms with Gasteiger partial charge >= 0.3 is 0 Å². The Labute approximate surface area is 149 Å². The molecule has 0 saturated heterocycles. The van der Waals surface area contributed by atoms with Crippen LogP contribution in [0.15, 0.2) is 60.9 Å². The molecule has 0 saturated carbocycles. The Bertz CT molecular complexity index is 791. The lowest BCUT2D eigenvalue weighted by molar-refractivity contribution is 0.282. The summed E-state index contributed by atoms with van der Waals surface area (Å²) in [6, 6.07) is 17.0. The molecule has 3 rings (SSSR count). The van der Waals surface area contributed by atoms with Crippen LogP contribution in [0.5, 0.6) is 0 Å². The molecule has 25 heavy (non-hydrogen) atoms. The van der Waals surface area contributed by atoms with E-state index in [1.54, 1.807) is 0 Å². The van der Waals surface area contributed by atoms with E-state index < -0.39 is 0 Å².